The van der Waals surface area contributed by atoms with Crippen molar-refractivity contribution in [3.63, 3.8) is 0 Å². The summed E-state index contributed by atoms with van der Waals surface area (Å²) in [6.45, 7) is 14.9. The van der Waals surface area contributed by atoms with Crippen LogP contribution >= 0.6 is 0 Å². The molecule has 256 valence electrons. The number of methoxy groups -OCH3 is 2. The van der Waals surface area contributed by atoms with Crippen molar-refractivity contribution in [1.82, 2.24) is 0 Å². The fraction of sp³-hybridized carbons (Fsp3) is 0.500. The monoisotopic (exact) mass is 766 g/mol. The molecule has 5 atom stereocenters. The second-order valence-electron chi connectivity index (χ2n) is 15.3. The molecule has 4 rings (SSSR count). The Morgan fingerprint density at radius 1 is 0.851 bits per heavy atom. The number of benzene rings is 3. The first-order valence-electron chi connectivity index (χ1n) is 17.1. The summed E-state index contributed by atoms with van der Waals surface area (Å²) < 4.78 is 34.9. The molecule has 0 saturated carbocycles. The van der Waals surface area contributed by atoms with E-state index in [9.17, 15) is 0 Å². The van der Waals surface area contributed by atoms with Gasteiger partial charge in [-0.2, -0.15) is 0 Å². The molecule has 3 aromatic carbocycles. The first kappa shape index (κ1) is 37.7. The third-order valence-corrected chi connectivity index (χ3v) is 18.4. The van der Waals surface area contributed by atoms with Crippen molar-refractivity contribution < 1.29 is 23.4 Å². The van der Waals surface area contributed by atoms with E-state index in [0.717, 1.165) is 23.5 Å². The van der Waals surface area contributed by atoms with Gasteiger partial charge < -0.3 is 0 Å². The Bertz CT molecular complexity index is 1410. The number of hydrogen-bond donors (Lipinski definition) is 0. The van der Waals surface area contributed by atoms with Gasteiger partial charge in [0, 0.05) is 0 Å². The minimum atomic E-state index is -2.65. The van der Waals surface area contributed by atoms with Gasteiger partial charge in [0.1, 0.15) is 0 Å². The van der Waals surface area contributed by atoms with E-state index in [1.165, 1.54) is 15.9 Å². The summed E-state index contributed by atoms with van der Waals surface area (Å²) in [6, 6.07) is 27.7. The van der Waals surface area contributed by atoms with Crippen LogP contribution in [0, 0.1) is 11.8 Å². The van der Waals surface area contributed by atoms with Gasteiger partial charge in [-0.25, -0.2) is 0 Å². The summed E-state index contributed by atoms with van der Waals surface area (Å²) in [5, 5.41) is 2.52. The van der Waals surface area contributed by atoms with Gasteiger partial charge in [-0.15, -0.1) is 0 Å². The van der Waals surface area contributed by atoms with Gasteiger partial charge in [-0.3, -0.25) is 0 Å². The van der Waals surface area contributed by atoms with Crippen LogP contribution in [0.4, 0.5) is 0 Å². The first-order chi connectivity index (χ1) is 22.2. The normalized spacial score (nSPS) is 22.6. The topological polar surface area (TPSA) is 46.2 Å². The van der Waals surface area contributed by atoms with E-state index in [0.29, 0.717) is 13.2 Å². The summed E-state index contributed by atoms with van der Waals surface area (Å²) in [4.78, 5) is 7.36. The standard InChI is InChI=1S/C37H49O5Si.3CH3.Sn/c1-26(2)35-28(4)36(40-25-29-20-21-30(38-8)24-34(29)39-9)27(3)33(42-35)22-23-41-43(37(5,6)7,31-16-12-10-13-17-31)32-18-14-11-15-19-32;;;;/h1,10-21,24,27-28,33,35-36H,22-23,25H2,2-9H3;3*1H3;/t27-,28-,33+,35-,36-;;;;/m0..../s1. The van der Waals surface area contributed by atoms with E-state index >= 15 is 0 Å². The molecule has 0 aromatic heterocycles. The molecule has 5 nitrogen and oxygen atoms in total. The van der Waals surface area contributed by atoms with Crippen molar-refractivity contribution in [2.45, 2.75) is 92.7 Å². The summed E-state index contributed by atoms with van der Waals surface area (Å²) in [7, 11) is 0.721. The van der Waals surface area contributed by atoms with Crippen LogP contribution in [-0.2, 0) is 20.5 Å². The van der Waals surface area contributed by atoms with Crippen molar-refractivity contribution in [2.75, 3.05) is 20.8 Å². The molecule has 3 aromatic rings. The van der Waals surface area contributed by atoms with Crippen LogP contribution < -0.4 is 19.8 Å². The van der Waals surface area contributed by atoms with Gasteiger partial charge in [0.2, 0.25) is 0 Å². The Morgan fingerprint density at radius 3 is 1.96 bits per heavy atom. The molecule has 1 fully saturated rings. The summed E-state index contributed by atoms with van der Waals surface area (Å²) in [5.74, 6) is 1.93. The molecule has 0 amide bonds. The third kappa shape index (κ3) is 8.93. The van der Waals surface area contributed by atoms with E-state index in [2.05, 4.69) is 121 Å². The van der Waals surface area contributed by atoms with Crippen LogP contribution in [0.1, 0.15) is 53.5 Å². The number of hydrogen-bond acceptors (Lipinski definition) is 5. The Hall–Kier alpha value is -2.10. The van der Waals surface area contributed by atoms with E-state index < -0.39 is 26.7 Å². The third-order valence-electron chi connectivity index (χ3n) is 9.59. The molecule has 0 N–H and O–H groups in total. The number of rotatable bonds is 13. The van der Waals surface area contributed by atoms with E-state index in [1.807, 2.05) is 18.2 Å². The zero-order valence-corrected chi connectivity index (χ0v) is 34.5. The molecular formula is C40H58O5SiSn. The second-order valence-corrected chi connectivity index (χ2v) is 34.0. The van der Waals surface area contributed by atoms with Crippen LogP contribution in [0.2, 0.25) is 19.9 Å². The van der Waals surface area contributed by atoms with Crippen molar-refractivity contribution in [1.29, 1.82) is 0 Å². The predicted molar refractivity (Wildman–Crippen MR) is 200 cm³/mol. The van der Waals surface area contributed by atoms with Crippen LogP contribution in [0.15, 0.2) is 88.5 Å². The Morgan fingerprint density at radius 2 is 1.45 bits per heavy atom. The second kappa shape index (κ2) is 16.1. The van der Waals surface area contributed by atoms with Crippen molar-refractivity contribution in [3.8, 4) is 11.5 Å². The van der Waals surface area contributed by atoms with Gasteiger partial charge in [0.15, 0.2) is 0 Å². The Balaban J connectivity index is 1.63. The minimum absolute atomic E-state index is 0.00255. The molecule has 47 heavy (non-hydrogen) atoms. The van der Waals surface area contributed by atoms with Crippen molar-refractivity contribution in [3.05, 3.63) is 94.1 Å². The summed E-state index contributed by atoms with van der Waals surface area (Å²) in [6.07, 6.45) is 0.808. The average molecular weight is 766 g/mol. The van der Waals surface area contributed by atoms with Gasteiger partial charge in [-0.1, -0.05) is 12.1 Å². The molecule has 7 heteroatoms. The van der Waals surface area contributed by atoms with E-state index in [-0.39, 0.29) is 35.2 Å². The van der Waals surface area contributed by atoms with E-state index in [4.69, 9.17) is 23.4 Å². The molecule has 0 spiro atoms. The molecule has 1 saturated heterocycles. The fourth-order valence-electron chi connectivity index (χ4n) is 7.47. The van der Waals surface area contributed by atoms with Crippen LogP contribution in [0.3, 0.4) is 0 Å². The van der Waals surface area contributed by atoms with E-state index in [1.54, 1.807) is 14.2 Å². The van der Waals surface area contributed by atoms with Gasteiger partial charge >= 0.3 is 272 Å². The summed E-state index contributed by atoms with van der Waals surface area (Å²) in [5.41, 5.74) is 2.36. The van der Waals surface area contributed by atoms with Gasteiger partial charge in [-0.05, 0) is 0 Å². The molecular weight excluding hydrogens is 707 g/mol. The predicted octanol–water partition coefficient (Wildman–Crippen LogP) is 8.42. The molecule has 0 bridgehead atoms. The van der Waals surface area contributed by atoms with Gasteiger partial charge in [0.25, 0.3) is 0 Å². The Kier molecular flexibility index (Phi) is 12.9. The van der Waals surface area contributed by atoms with Crippen LogP contribution in [0.25, 0.3) is 0 Å². The molecule has 0 radical (unpaired) electrons. The quantitative estimate of drug-likeness (QED) is 0.164. The van der Waals surface area contributed by atoms with Gasteiger partial charge in [0.05, 0.1) is 7.11 Å². The zero-order chi connectivity index (χ0) is 34.4. The average Bonchev–Trinajstić information content (AvgIpc) is 3.03. The molecule has 1 aliphatic heterocycles. The molecule has 0 unspecified atom stereocenters. The Labute approximate surface area is 290 Å². The summed E-state index contributed by atoms with van der Waals surface area (Å²) >= 11 is -2.24. The van der Waals surface area contributed by atoms with Crippen LogP contribution in [0.5, 0.6) is 11.5 Å². The maximum atomic E-state index is 7.32. The van der Waals surface area contributed by atoms with Crippen molar-refractivity contribution >= 4 is 37.1 Å². The number of ether oxygens (including phenoxy) is 4. The zero-order valence-electron chi connectivity index (χ0n) is 30.6. The maximum absolute atomic E-state index is 7.32. The SMILES string of the molecule is COc1ccc(CO[C@H]2[C@@H](C)[C@@H](CCO[Si](c3ccccc3)(c3ccccc3)C(C)(C)C)O[C@@H](/C(C)=[CH]/[Sn]([CH3])([CH3])[CH3])[C@@H]2C)c(OC)c1. The van der Waals surface area contributed by atoms with Crippen LogP contribution in [-0.4, -0.2) is 65.8 Å². The molecule has 1 aliphatic rings. The van der Waals surface area contributed by atoms with Crippen molar-refractivity contribution in [2.24, 2.45) is 11.8 Å². The molecule has 0 aliphatic carbocycles. The first-order valence-corrected chi connectivity index (χ1v) is 29.3. The fourth-order valence-corrected chi connectivity index (χ4v) is 16.4. The molecule has 1 heterocycles.